The Morgan fingerprint density at radius 3 is 2.79 bits per heavy atom. The van der Waals surface area contributed by atoms with Crippen LogP contribution < -0.4 is 11.1 Å². The van der Waals surface area contributed by atoms with Crippen LogP contribution >= 0.6 is 0 Å². The average Bonchev–Trinajstić information content (AvgIpc) is 3.49. The van der Waals surface area contributed by atoms with Gasteiger partial charge in [-0.2, -0.15) is 13.2 Å². The summed E-state index contributed by atoms with van der Waals surface area (Å²) in [6, 6.07) is 4.89. The summed E-state index contributed by atoms with van der Waals surface area (Å²) < 4.78 is 38.0. The molecule has 0 unspecified atom stereocenters. The van der Waals surface area contributed by atoms with Crippen molar-refractivity contribution in [1.82, 2.24) is 15.0 Å². The van der Waals surface area contributed by atoms with Crippen molar-refractivity contribution in [3.8, 4) is 11.3 Å². The van der Waals surface area contributed by atoms with Gasteiger partial charge in [-0.15, -0.1) is 0 Å². The van der Waals surface area contributed by atoms with E-state index in [2.05, 4.69) is 20.3 Å². The van der Waals surface area contributed by atoms with Crippen molar-refractivity contribution in [2.24, 2.45) is 11.8 Å². The number of amides is 1. The number of carbonyl (C=O) groups is 1. The van der Waals surface area contributed by atoms with Gasteiger partial charge in [-0.3, -0.25) is 9.78 Å². The quantitative estimate of drug-likeness (QED) is 0.580. The topological polar surface area (TPSA) is 118 Å². The van der Waals surface area contributed by atoms with Crippen LogP contribution in [0.15, 0.2) is 36.8 Å². The Hall–Kier alpha value is -3.56. The van der Waals surface area contributed by atoms with Crippen molar-refractivity contribution in [3.63, 3.8) is 0 Å². The van der Waals surface area contributed by atoms with Crippen molar-refractivity contribution in [2.75, 3.05) is 11.1 Å². The highest BCUT2D eigenvalue weighted by Gasteiger charge is 2.58. The minimum Gasteiger partial charge on any atom is -0.383 e. The molecule has 4 rings (SSSR count). The second kappa shape index (κ2) is 6.80. The zero-order valence-electron chi connectivity index (χ0n) is 14.9. The van der Waals surface area contributed by atoms with Gasteiger partial charge in [0.2, 0.25) is 5.91 Å². The van der Waals surface area contributed by atoms with Crippen LogP contribution in [0.25, 0.3) is 22.0 Å². The highest BCUT2D eigenvalue weighted by atomic mass is 19.4. The van der Waals surface area contributed by atoms with Crippen LogP contribution in [0.3, 0.4) is 0 Å². The maximum absolute atomic E-state index is 12.7. The molecule has 1 saturated carbocycles. The minimum atomic E-state index is -4.37. The summed E-state index contributed by atoms with van der Waals surface area (Å²) in [6.07, 6.45) is 1.11. The monoisotopic (exact) mass is 400 g/mol. The number of carbonyl (C=O) groups excluding carboxylic acids is 1. The third kappa shape index (κ3) is 3.60. The van der Waals surface area contributed by atoms with Gasteiger partial charge >= 0.3 is 6.18 Å². The smallest absolute Gasteiger partial charge is 0.383 e. The molecule has 1 amide bonds. The highest BCUT2D eigenvalue weighted by Crippen LogP contribution is 2.50. The second-order valence-electron chi connectivity index (χ2n) is 6.77. The van der Waals surface area contributed by atoms with E-state index in [-0.39, 0.29) is 18.1 Å². The maximum Gasteiger partial charge on any atom is 0.392 e. The van der Waals surface area contributed by atoms with Gasteiger partial charge in [0.25, 0.3) is 0 Å². The van der Waals surface area contributed by atoms with E-state index < -0.39 is 23.9 Å². The summed E-state index contributed by atoms with van der Waals surface area (Å²) in [4.78, 5) is 24.5. The Morgan fingerprint density at radius 1 is 1.31 bits per heavy atom. The SMILES string of the molecule is N=Cc1ccncc1-c1cc2cc(NC(=O)[C@@H]3C[C@H]3C(F)(F)F)ncc2c(N)n1. The summed E-state index contributed by atoms with van der Waals surface area (Å²) in [7, 11) is 0. The van der Waals surface area contributed by atoms with Gasteiger partial charge in [-0.25, -0.2) is 9.97 Å². The van der Waals surface area contributed by atoms with Gasteiger partial charge in [0.15, 0.2) is 0 Å². The van der Waals surface area contributed by atoms with Gasteiger partial charge in [0, 0.05) is 41.3 Å². The predicted molar refractivity (Wildman–Crippen MR) is 101 cm³/mol. The molecular weight excluding hydrogens is 385 g/mol. The molecule has 10 heteroatoms. The summed E-state index contributed by atoms with van der Waals surface area (Å²) >= 11 is 0. The number of hydrogen-bond donors (Lipinski definition) is 3. The maximum atomic E-state index is 12.7. The van der Waals surface area contributed by atoms with Gasteiger partial charge in [0.1, 0.15) is 11.6 Å². The number of nitrogens with zero attached hydrogens (tertiary/aromatic N) is 3. The van der Waals surface area contributed by atoms with E-state index in [4.69, 9.17) is 11.1 Å². The Morgan fingerprint density at radius 2 is 2.10 bits per heavy atom. The van der Waals surface area contributed by atoms with Crippen LogP contribution in [0, 0.1) is 17.2 Å². The number of nitrogens with one attached hydrogen (secondary N) is 2. The molecule has 3 aromatic heterocycles. The van der Waals surface area contributed by atoms with Crippen molar-refractivity contribution < 1.29 is 18.0 Å². The molecule has 1 fully saturated rings. The average molecular weight is 400 g/mol. The fourth-order valence-electron chi connectivity index (χ4n) is 3.19. The molecule has 2 atom stereocenters. The standard InChI is InChI=1S/C19H15F3N6O/c20-19(21,22)14-5-11(14)18(29)28-16-4-10-3-15(27-17(24)13(10)8-26-16)12-7-25-2-1-9(12)6-23/h1-4,6-8,11,14,23H,5H2,(H2,24,27)(H,26,28,29)/t11-,14-/m1/s1. The first-order valence-corrected chi connectivity index (χ1v) is 8.66. The molecule has 7 nitrogen and oxygen atoms in total. The van der Waals surface area contributed by atoms with E-state index in [1.165, 1.54) is 18.5 Å². The predicted octanol–water partition coefficient (Wildman–Crippen LogP) is 3.41. The van der Waals surface area contributed by atoms with E-state index in [1.807, 2.05) is 0 Å². The summed E-state index contributed by atoms with van der Waals surface area (Å²) in [5.41, 5.74) is 7.70. The molecule has 0 aliphatic heterocycles. The molecule has 0 bridgehead atoms. The molecule has 0 saturated heterocycles. The van der Waals surface area contributed by atoms with E-state index in [0.29, 0.717) is 27.6 Å². The van der Waals surface area contributed by atoms with Crippen LogP contribution in [0.1, 0.15) is 12.0 Å². The molecule has 1 aliphatic carbocycles. The Balaban J connectivity index is 1.65. The van der Waals surface area contributed by atoms with Gasteiger partial charge in [-0.05, 0) is 30.0 Å². The van der Waals surface area contributed by atoms with E-state index >= 15 is 0 Å². The summed E-state index contributed by atoms with van der Waals surface area (Å²) in [6.45, 7) is 0. The Labute approximate surface area is 162 Å². The number of nitrogens with two attached hydrogens (primary N) is 1. The first-order chi connectivity index (χ1) is 13.8. The van der Waals surface area contributed by atoms with Crippen molar-refractivity contribution in [2.45, 2.75) is 12.6 Å². The van der Waals surface area contributed by atoms with Crippen molar-refractivity contribution in [3.05, 3.63) is 42.4 Å². The van der Waals surface area contributed by atoms with Crippen LogP contribution in [0.5, 0.6) is 0 Å². The van der Waals surface area contributed by atoms with Crippen LogP contribution in [-0.4, -0.2) is 33.3 Å². The molecule has 4 N–H and O–H groups in total. The van der Waals surface area contributed by atoms with E-state index in [9.17, 15) is 18.0 Å². The Bertz CT molecular complexity index is 1130. The van der Waals surface area contributed by atoms with E-state index in [0.717, 1.165) is 0 Å². The molecular formula is C19H15F3N6O. The van der Waals surface area contributed by atoms with Crippen LogP contribution in [-0.2, 0) is 4.79 Å². The normalized spacial score (nSPS) is 18.4. The molecule has 148 valence electrons. The largest absolute Gasteiger partial charge is 0.392 e. The van der Waals surface area contributed by atoms with Crippen LogP contribution in [0.2, 0.25) is 0 Å². The number of rotatable bonds is 4. The molecule has 3 heterocycles. The first kappa shape index (κ1) is 18.8. The lowest BCUT2D eigenvalue weighted by molar-refractivity contribution is -0.153. The highest BCUT2D eigenvalue weighted by molar-refractivity contribution is 5.99. The lowest BCUT2D eigenvalue weighted by atomic mass is 10.1. The molecule has 29 heavy (non-hydrogen) atoms. The summed E-state index contributed by atoms with van der Waals surface area (Å²) in [5.74, 6) is -3.07. The van der Waals surface area contributed by atoms with Crippen LogP contribution in [0.4, 0.5) is 24.8 Å². The lowest BCUT2D eigenvalue weighted by Gasteiger charge is -2.10. The fourth-order valence-corrected chi connectivity index (χ4v) is 3.19. The molecule has 1 aliphatic rings. The molecule has 3 aromatic rings. The molecule has 0 spiro atoms. The number of halogens is 3. The van der Waals surface area contributed by atoms with Gasteiger partial charge in [0.05, 0.1) is 17.5 Å². The third-order valence-corrected chi connectivity index (χ3v) is 4.83. The number of anilines is 2. The zero-order chi connectivity index (χ0) is 20.8. The zero-order valence-corrected chi connectivity index (χ0v) is 14.9. The Kier molecular flexibility index (Phi) is 4.40. The lowest BCUT2D eigenvalue weighted by Crippen LogP contribution is -2.20. The number of pyridine rings is 3. The third-order valence-electron chi connectivity index (χ3n) is 4.83. The molecule has 0 aromatic carbocycles. The second-order valence-corrected chi connectivity index (χ2v) is 6.77. The number of aromatic nitrogens is 3. The fraction of sp³-hybridized carbons (Fsp3) is 0.211. The number of alkyl halides is 3. The van der Waals surface area contributed by atoms with Crippen molar-refractivity contribution in [1.29, 1.82) is 5.41 Å². The van der Waals surface area contributed by atoms with Gasteiger partial charge < -0.3 is 16.5 Å². The number of hydrogen-bond acceptors (Lipinski definition) is 6. The van der Waals surface area contributed by atoms with Gasteiger partial charge in [-0.1, -0.05) is 0 Å². The minimum absolute atomic E-state index is 0.130. The van der Waals surface area contributed by atoms with Crippen molar-refractivity contribution >= 4 is 34.5 Å². The molecule has 0 radical (unpaired) electrons. The summed E-state index contributed by atoms with van der Waals surface area (Å²) in [5, 5.41) is 11.1. The first-order valence-electron chi connectivity index (χ1n) is 8.66. The van der Waals surface area contributed by atoms with E-state index in [1.54, 1.807) is 24.5 Å². The number of fused-ring (bicyclic) bond motifs is 1. The number of nitrogen functional groups attached to an aromatic ring is 1.